The number of pyridine rings is 2. The average molecular weight is 840 g/mol. The molecule has 5 aromatic carbocycles. The van der Waals surface area contributed by atoms with Crippen molar-refractivity contribution in [2.75, 3.05) is 0 Å². The summed E-state index contributed by atoms with van der Waals surface area (Å²) in [7, 11) is 0. The van der Waals surface area contributed by atoms with Crippen molar-refractivity contribution in [3.05, 3.63) is 168 Å². The van der Waals surface area contributed by atoms with Gasteiger partial charge in [0.1, 0.15) is 11.4 Å². The van der Waals surface area contributed by atoms with Crippen LogP contribution in [0.2, 0.25) is 0 Å². The van der Waals surface area contributed by atoms with E-state index in [9.17, 15) is 5.11 Å². The van der Waals surface area contributed by atoms with Gasteiger partial charge in [-0.05, 0) is 81.8 Å². The van der Waals surface area contributed by atoms with Crippen LogP contribution in [0.1, 0.15) is 30.5 Å². The summed E-state index contributed by atoms with van der Waals surface area (Å²) in [4.78, 5) is 10.3. The van der Waals surface area contributed by atoms with Crippen LogP contribution in [0.4, 0.5) is 0 Å². The van der Waals surface area contributed by atoms with Gasteiger partial charge in [0.05, 0.1) is 5.69 Å². The molecule has 0 saturated carbocycles. The molecular weight excluding hydrogens is 806 g/mol. The van der Waals surface area contributed by atoms with Gasteiger partial charge in [-0.25, -0.2) is 0 Å². The van der Waals surface area contributed by atoms with Crippen LogP contribution < -0.4 is 0 Å². The van der Waals surface area contributed by atoms with Crippen molar-refractivity contribution < 1.29 is 26.2 Å². The maximum absolute atomic E-state index is 11.6. The number of hydrogen-bond acceptors (Lipinski definition) is 3. The van der Waals surface area contributed by atoms with E-state index in [1.807, 2.05) is 36.4 Å². The first kappa shape index (κ1) is 32.6. The normalized spacial score (nSPS) is 12.7. The second-order valence-corrected chi connectivity index (χ2v) is 13.6. The summed E-state index contributed by atoms with van der Waals surface area (Å²) in [6, 6.07) is 51.5. The first-order valence-electron chi connectivity index (χ1n) is 17.0. The molecule has 0 bridgehead atoms. The van der Waals surface area contributed by atoms with Gasteiger partial charge in [0.2, 0.25) is 0 Å². The molecule has 51 heavy (non-hydrogen) atoms. The summed E-state index contributed by atoms with van der Waals surface area (Å²) in [6.45, 7) is 6.64. The average Bonchev–Trinajstić information content (AvgIpc) is 3.64. The Hall–Kier alpha value is -5.57. The quantitative estimate of drug-likeness (QED) is 0.176. The van der Waals surface area contributed by atoms with Crippen molar-refractivity contribution in [1.82, 2.24) is 14.4 Å². The monoisotopic (exact) mass is 839 g/mol. The van der Waals surface area contributed by atoms with Gasteiger partial charge < -0.3 is 9.51 Å². The Balaban J connectivity index is 0.00000374. The second kappa shape index (κ2) is 12.6. The number of hydrogen-bond donors (Lipinski definition) is 1. The van der Waals surface area contributed by atoms with E-state index in [2.05, 4.69) is 141 Å². The first-order valence-corrected chi connectivity index (χ1v) is 17.0. The van der Waals surface area contributed by atoms with Crippen LogP contribution in [-0.4, -0.2) is 19.5 Å². The minimum atomic E-state index is -0.211. The molecule has 250 valence electrons. The number of benzene rings is 5. The van der Waals surface area contributed by atoms with Crippen LogP contribution in [0.25, 0.3) is 72.9 Å². The van der Waals surface area contributed by atoms with E-state index < -0.39 is 0 Å². The van der Waals surface area contributed by atoms with Crippen LogP contribution >= 0.6 is 0 Å². The number of phenolic OH excluding ortho intramolecular Hbond substituents is 1. The minimum absolute atomic E-state index is 0. The van der Waals surface area contributed by atoms with Crippen molar-refractivity contribution in [2.45, 2.75) is 26.2 Å². The van der Waals surface area contributed by atoms with Gasteiger partial charge in [-0.1, -0.05) is 116 Å². The fourth-order valence-electron chi connectivity index (χ4n) is 7.61. The zero-order chi connectivity index (χ0) is 34.0. The Bertz CT molecular complexity index is 2600. The van der Waals surface area contributed by atoms with Gasteiger partial charge in [0, 0.05) is 55.3 Å². The van der Waals surface area contributed by atoms with Crippen LogP contribution in [0, 0.1) is 13.0 Å². The Kier molecular flexibility index (Phi) is 8.08. The van der Waals surface area contributed by atoms with Gasteiger partial charge in [-0.2, -0.15) is 0 Å². The molecule has 0 atom stereocenters. The predicted molar refractivity (Wildman–Crippen MR) is 203 cm³/mol. The Labute approximate surface area is 312 Å². The molecule has 0 saturated heterocycles. The minimum Gasteiger partial charge on any atom is -0.507 e. The summed E-state index contributed by atoms with van der Waals surface area (Å²) in [5, 5.41) is 11.6. The Morgan fingerprint density at radius 3 is 2.12 bits per heavy atom. The fourth-order valence-corrected chi connectivity index (χ4v) is 7.61. The van der Waals surface area contributed by atoms with E-state index in [0.29, 0.717) is 11.3 Å². The van der Waals surface area contributed by atoms with E-state index in [1.54, 1.807) is 0 Å². The zero-order valence-electron chi connectivity index (χ0n) is 28.5. The molecule has 9 rings (SSSR count). The van der Waals surface area contributed by atoms with Gasteiger partial charge in [-0.3, -0.25) is 9.97 Å². The summed E-state index contributed by atoms with van der Waals surface area (Å²) in [5.74, 6) is 0.214. The van der Waals surface area contributed by atoms with Crippen LogP contribution in [0.3, 0.4) is 0 Å². The number of imidazole rings is 1. The number of rotatable bonds is 5. The molecule has 0 fully saturated rings. The molecule has 0 amide bonds. The third-order valence-corrected chi connectivity index (χ3v) is 10.2. The summed E-state index contributed by atoms with van der Waals surface area (Å²) >= 11 is 0. The third-order valence-electron chi connectivity index (χ3n) is 10.2. The molecular formula is C46H34N3OPt-. The molecule has 0 radical (unpaired) electrons. The molecule has 5 heteroatoms. The SMILES string of the molecule is Cc1ccccc1-c1cc(-c2[c-]c(-c3nc4ccccn4c3-c3ccccc3)ccc2)nc(-c2cc3c(cc2O)-c2ccccc2C3(C)C)c1.[Pt]. The first-order chi connectivity index (χ1) is 24.4. The number of nitrogens with zero attached hydrogens (tertiary/aromatic N) is 3. The molecule has 1 N–H and O–H groups in total. The molecule has 3 aromatic heterocycles. The second-order valence-electron chi connectivity index (χ2n) is 13.6. The number of aryl methyl sites for hydroxylation is 1. The van der Waals surface area contributed by atoms with E-state index in [4.69, 9.17) is 9.97 Å². The predicted octanol–water partition coefficient (Wildman–Crippen LogP) is 11.2. The van der Waals surface area contributed by atoms with Gasteiger partial charge >= 0.3 is 0 Å². The van der Waals surface area contributed by atoms with E-state index in [0.717, 1.165) is 56.1 Å². The van der Waals surface area contributed by atoms with Crippen LogP contribution in [0.15, 0.2) is 146 Å². The summed E-state index contributed by atoms with van der Waals surface area (Å²) in [5.41, 5.74) is 15.6. The number of fused-ring (bicyclic) bond motifs is 4. The number of phenols is 1. The number of aromatic nitrogens is 3. The number of aromatic hydroxyl groups is 1. The van der Waals surface area contributed by atoms with Crippen molar-refractivity contribution >= 4 is 5.65 Å². The van der Waals surface area contributed by atoms with E-state index >= 15 is 0 Å². The van der Waals surface area contributed by atoms with Crippen molar-refractivity contribution in [3.63, 3.8) is 0 Å². The van der Waals surface area contributed by atoms with Crippen molar-refractivity contribution in [3.8, 4) is 73.0 Å². The molecule has 3 heterocycles. The Morgan fingerprint density at radius 2 is 1.29 bits per heavy atom. The summed E-state index contributed by atoms with van der Waals surface area (Å²) in [6.07, 6.45) is 2.06. The maximum Gasteiger partial charge on any atom is 0.129 e. The topological polar surface area (TPSA) is 50.4 Å². The molecule has 0 unspecified atom stereocenters. The third kappa shape index (κ3) is 5.42. The summed E-state index contributed by atoms with van der Waals surface area (Å²) < 4.78 is 2.14. The molecule has 0 spiro atoms. The molecule has 1 aliphatic rings. The van der Waals surface area contributed by atoms with Gasteiger partial charge in [0.25, 0.3) is 0 Å². The van der Waals surface area contributed by atoms with Crippen LogP contribution in [0.5, 0.6) is 5.75 Å². The largest absolute Gasteiger partial charge is 0.507 e. The fraction of sp³-hybridized carbons (Fsp3) is 0.0870. The molecule has 8 aromatic rings. The maximum atomic E-state index is 11.6. The smallest absolute Gasteiger partial charge is 0.129 e. The zero-order valence-corrected chi connectivity index (χ0v) is 30.7. The molecule has 0 aliphatic heterocycles. The Morgan fingerprint density at radius 1 is 0.588 bits per heavy atom. The van der Waals surface area contributed by atoms with Crippen LogP contribution in [-0.2, 0) is 26.5 Å². The standard InChI is InChI=1S/C46H34N3O.Pt/c1-29-14-7-8-19-34(29)33-25-40(47-41(26-33)37-27-39-36(28-42(37)50)35-20-9-10-21-38(35)46(39,2)3)31-17-13-18-32(24-31)44-45(30-15-5-4-6-16-30)49-23-12-11-22-43(49)48-44;/h4-23,25-28,50H,1-3H3;/q-1;. The van der Waals surface area contributed by atoms with Gasteiger partial charge in [0.15, 0.2) is 0 Å². The van der Waals surface area contributed by atoms with Crippen molar-refractivity contribution in [2.24, 2.45) is 0 Å². The molecule has 4 nitrogen and oxygen atoms in total. The molecule has 1 aliphatic carbocycles. The van der Waals surface area contributed by atoms with Gasteiger partial charge in [-0.15, -0.1) is 24.3 Å². The van der Waals surface area contributed by atoms with E-state index in [-0.39, 0.29) is 32.2 Å². The van der Waals surface area contributed by atoms with E-state index in [1.165, 1.54) is 22.3 Å². The van der Waals surface area contributed by atoms with Crippen molar-refractivity contribution in [1.29, 1.82) is 0 Å².